The van der Waals surface area contributed by atoms with Crippen LogP contribution in [-0.2, 0) is 4.79 Å². The van der Waals surface area contributed by atoms with Crippen LogP contribution < -0.4 is 0 Å². The van der Waals surface area contributed by atoms with Crippen molar-refractivity contribution in [2.24, 2.45) is 0 Å². The van der Waals surface area contributed by atoms with Gasteiger partial charge in [0.15, 0.2) is 5.78 Å². The highest BCUT2D eigenvalue weighted by Gasteiger charge is 2.02. The van der Waals surface area contributed by atoms with E-state index in [4.69, 9.17) is 11.6 Å². The maximum atomic E-state index is 12.8. The zero-order valence-corrected chi connectivity index (χ0v) is 8.51. The van der Waals surface area contributed by atoms with Crippen molar-refractivity contribution in [3.8, 4) is 0 Å². The summed E-state index contributed by atoms with van der Waals surface area (Å²) in [5.74, 6) is -0.272. The van der Waals surface area contributed by atoms with Gasteiger partial charge in [0.05, 0.1) is 5.88 Å². The maximum Gasteiger partial charge on any atom is 0.157 e. The molecule has 0 heterocycles. The molecule has 14 heavy (non-hydrogen) atoms. The summed E-state index contributed by atoms with van der Waals surface area (Å²) >= 11 is 5.57. The number of carbonyl (C=O) groups is 1. The van der Waals surface area contributed by atoms with Crippen molar-refractivity contribution in [2.75, 3.05) is 5.88 Å². The van der Waals surface area contributed by atoms with Crippen LogP contribution in [-0.4, -0.2) is 11.7 Å². The van der Waals surface area contributed by atoms with Gasteiger partial charge in [-0.05, 0) is 30.7 Å². The van der Waals surface area contributed by atoms with Gasteiger partial charge in [0, 0.05) is 5.57 Å². The van der Waals surface area contributed by atoms with Crippen LogP contribution in [0.1, 0.15) is 12.5 Å². The number of allylic oxidation sites excluding steroid dienone is 1. The summed E-state index contributed by atoms with van der Waals surface area (Å²) in [6, 6.07) is 6.02. The Hall–Kier alpha value is -1.15. The van der Waals surface area contributed by atoms with Crippen molar-refractivity contribution in [1.82, 2.24) is 0 Å². The van der Waals surface area contributed by atoms with Crippen LogP contribution in [0, 0.1) is 5.82 Å². The lowest BCUT2D eigenvalue weighted by Crippen LogP contribution is -1.97. The van der Waals surface area contributed by atoms with Crippen LogP contribution in [0.2, 0.25) is 0 Å². The first-order valence-electron chi connectivity index (χ1n) is 4.16. The Morgan fingerprint density at radius 3 is 2.79 bits per heavy atom. The SMILES string of the molecule is CC(=O)/C(=C/c1cccc(F)c1)CCl. The second kappa shape index (κ2) is 4.91. The fraction of sp³-hybridized carbons (Fsp3) is 0.182. The summed E-state index contributed by atoms with van der Waals surface area (Å²) in [4.78, 5) is 11.0. The minimum Gasteiger partial charge on any atom is -0.295 e. The van der Waals surface area contributed by atoms with Crippen LogP contribution in [0.4, 0.5) is 4.39 Å². The molecule has 3 heteroatoms. The van der Waals surface area contributed by atoms with Crippen LogP contribution in [0.5, 0.6) is 0 Å². The molecular formula is C11H10ClFO. The van der Waals surface area contributed by atoms with Crippen molar-refractivity contribution in [3.63, 3.8) is 0 Å². The Morgan fingerprint density at radius 2 is 2.29 bits per heavy atom. The van der Waals surface area contributed by atoms with E-state index in [1.807, 2.05) is 0 Å². The Morgan fingerprint density at radius 1 is 1.57 bits per heavy atom. The van der Waals surface area contributed by atoms with Crippen LogP contribution in [0.3, 0.4) is 0 Å². The van der Waals surface area contributed by atoms with Gasteiger partial charge >= 0.3 is 0 Å². The largest absolute Gasteiger partial charge is 0.295 e. The quantitative estimate of drug-likeness (QED) is 0.556. The van der Waals surface area contributed by atoms with E-state index in [1.54, 1.807) is 18.2 Å². The van der Waals surface area contributed by atoms with Crippen LogP contribution >= 0.6 is 11.6 Å². The van der Waals surface area contributed by atoms with E-state index in [-0.39, 0.29) is 17.5 Å². The minimum absolute atomic E-state index is 0.0933. The first kappa shape index (κ1) is 10.9. The zero-order chi connectivity index (χ0) is 10.6. The molecule has 0 aromatic heterocycles. The smallest absolute Gasteiger partial charge is 0.157 e. The highest BCUT2D eigenvalue weighted by atomic mass is 35.5. The molecule has 0 saturated heterocycles. The average Bonchev–Trinajstić information content (AvgIpc) is 2.14. The van der Waals surface area contributed by atoms with Crippen molar-refractivity contribution < 1.29 is 9.18 Å². The standard InChI is InChI=1S/C11H10ClFO/c1-8(14)10(7-12)5-9-3-2-4-11(13)6-9/h2-6H,7H2,1H3/b10-5+. The highest BCUT2D eigenvalue weighted by molar-refractivity contribution is 6.23. The number of hydrogen-bond acceptors (Lipinski definition) is 1. The molecule has 0 amide bonds. The van der Waals surface area contributed by atoms with E-state index in [0.717, 1.165) is 0 Å². The normalized spacial score (nSPS) is 11.5. The molecule has 74 valence electrons. The van der Waals surface area contributed by atoms with Gasteiger partial charge in [0.25, 0.3) is 0 Å². The summed E-state index contributed by atoms with van der Waals surface area (Å²) in [6.07, 6.45) is 1.60. The number of halogens is 2. The molecule has 1 nitrogen and oxygen atoms in total. The molecule has 0 saturated carbocycles. The first-order valence-corrected chi connectivity index (χ1v) is 4.70. The molecule has 0 aliphatic heterocycles. The summed E-state index contributed by atoms with van der Waals surface area (Å²) in [7, 11) is 0. The van der Waals surface area contributed by atoms with E-state index < -0.39 is 0 Å². The zero-order valence-electron chi connectivity index (χ0n) is 7.76. The fourth-order valence-corrected chi connectivity index (χ4v) is 1.30. The lowest BCUT2D eigenvalue weighted by Gasteiger charge is -1.98. The lowest BCUT2D eigenvalue weighted by atomic mass is 10.1. The minimum atomic E-state index is -0.323. The van der Waals surface area contributed by atoms with E-state index in [1.165, 1.54) is 19.1 Å². The molecule has 1 aromatic rings. The van der Waals surface area contributed by atoms with Gasteiger partial charge in [-0.2, -0.15) is 0 Å². The van der Waals surface area contributed by atoms with Crippen LogP contribution in [0.25, 0.3) is 6.08 Å². The summed E-state index contributed by atoms with van der Waals surface area (Å²) in [5.41, 5.74) is 1.13. The van der Waals surface area contributed by atoms with E-state index >= 15 is 0 Å². The number of hydrogen-bond donors (Lipinski definition) is 0. The van der Waals surface area contributed by atoms with Gasteiger partial charge in [-0.3, -0.25) is 4.79 Å². The number of rotatable bonds is 3. The van der Waals surface area contributed by atoms with E-state index in [0.29, 0.717) is 11.1 Å². The van der Waals surface area contributed by atoms with Crippen molar-refractivity contribution in [2.45, 2.75) is 6.92 Å². The molecule has 1 aromatic carbocycles. The predicted molar refractivity (Wildman–Crippen MR) is 55.8 cm³/mol. The molecule has 0 unspecified atom stereocenters. The van der Waals surface area contributed by atoms with Gasteiger partial charge in [0.1, 0.15) is 5.82 Å². The number of ketones is 1. The number of alkyl halides is 1. The van der Waals surface area contributed by atoms with Crippen molar-refractivity contribution in [1.29, 1.82) is 0 Å². The molecular weight excluding hydrogens is 203 g/mol. The Labute approximate surface area is 87.2 Å². The van der Waals surface area contributed by atoms with Crippen molar-refractivity contribution in [3.05, 3.63) is 41.2 Å². The maximum absolute atomic E-state index is 12.8. The molecule has 0 fully saturated rings. The molecule has 0 spiro atoms. The van der Waals surface area contributed by atoms with E-state index in [9.17, 15) is 9.18 Å². The van der Waals surface area contributed by atoms with Gasteiger partial charge in [-0.1, -0.05) is 12.1 Å². The molecule has 0 aliphatic carbocycles. The first-order chi connectivity index (χ1) is 6.63. The number of carbonyl (C=O) groups excluding carboxylic acids is 1. The van der Waals surface area contributed by atoms with Crippen molar-refractivity contribution >= 4 is 23.5 Å². The van der Waals surface area contributed by atoms with Crippen LogP contribution in [0.15, 0.2) is 29.8 Å². The third kappa shape index (κ3) is 2.96. The molecule has 0 N–H and O–H groups in total. The highest BCUT2D eigenvalue weighted by Crippen LogP contribution is 2.10. The number of Topliss-reactive ketones (excluding diaryl/α,β-unsaturated/α-hetero) is 1. The molecule has 0 radical (unpaired) electrons. The fourth-order valence-electron chi connectivity index (χ4n) is 1.03. The second-order valence-corrected chi connectivity index (χ2v) is 3.18. The molecule has 1 rings (SSSR count). The average molecular weight is 213 g/mol. The van der Waals surface area contributed by atoms with Gasteiger partial charge in [-0.15, -0.1) is 11.6 Å². The number of benzene rings is 1. The van der Waals surface area contributed by atoms with Gasteiger partial charge in [0.2, 0.25) is 0 Å². The third-order valence-electron chi connectivity index (χ3n) is 1.79. The summed E-state index contributed by atoms with van der Waals surface area (Å²) in [5, 5.41) is 0. The summed E-state index contributed by atoms with van der Waals surface area (Å²) in [6.45, 7) is 1.44. The molecule has 0 aliphatic rings. The van der Waals surface area contributed by atoms with Gasteiger partial charge in [-0.25, -0.2) is 4.39 Å². The monoisotopic (exact) mass is 212 g/mol. The molecule has 0 atom stereocenters. The Bertz CT molecular complexity index is 371. The second-order valence-electron chi connectivity index (χ2n) is 2.91. The lowest BCUT2D eigenvalue weighted by molar-refractivity contribution is -0.113. The molecule has 0 bridgehead atoms. The van der Waals surface area contributed by atoms with Gasteiger partial charge < -0.3 is 0 Å². The Balaban J connectivity index is 3.00. The Kier molecular flexibility index (Phi) is 3.84. The topological polar surface area (TPSA) is 17.1 Å². The van der Waals surface area contributed by atoms with E-state index in [2.05, 4.69) is 0 Å². The predicted octanol–water partition coefficient (Wildman–Crippen LogP) is 3.04. The summed E-state index contributed by atoms with van der Waals surface area (Å²) < 4.78 is 12.8. The third-order valence-corrected chi connectivity index (χ3v) is 2.07.